The number of nitrogens with zero attached hydrogens (tertiary/aromatic N) is 4. The number of rotatable bonds is 7. The number of fused-ring (bicyclic) bond motifs is 1. The van der Waals surface area contributed by atoms with E-state index < -0.39 is 0 Å². The molecule has 3 aromatic rings. The number of hydrogen-bond acceptors (Lipinski definition) is 2. The number of benzene rings is 1. The minimum Gasteiger partial charge on any atom is -0.356 e. The van der Waals surface area contributed by atoms with Gasteiger partial charge >= 0.3 is 0 Å². The molecule has 0 atom stereocenters. The number of guanidine groups is 1. The van der Waals surface area contributed by atoms with Gasteiger partial charge in [0.1, 0.15) is 5.82 Å². The monoisotopic (exact) mass is 466 g/mol. The Morgan fingerprint density at radius 2 is 1.77 bits per heavy atom. The van der Waals surface area contributed by atoms with E-state index in [1.807, 2.05) is 18.2 Å². The van der Waals surface area contributed by atoms with Crippen molar-refractivity contribution in [1.82, 2.24) is 24.8 Å². The maximum absolute atomic E-state index is 4.61. The summed E-state index contributed by atoms with van der Waals surface area (Å²) in [6.07, 6.45) is 5.14. The van der Waals surface area contributed by atoms with Crippen molar-refractivity contribution in [3.8, 4) is 0 Å². The van der Waals surface area contributed by atoms with Crippen LogP contribution < -0.4 is 10.6 Å². The SMILES string of the molecule is CN=C(NCCCn1c(C)nc2ccccc21)NCCn1cccc1.I. The summed E-state index contributed by atoms with van der Waals surface area (Å²) in [6.45, 7) is 5.65. The molecule has 6 nitrogen and oxygen atoms in total. The highest BCUT2D eigenvalue weighted by molar-refractivity contribution is 14.0. The van der Waals surface area contributed by atoms with Gasteiger partial charge in [0.25, 0.3) is 0 Å². The molecule has 2 aromatic heterocycles. The van der Waals surface area contributed by atoms with Crippen LogP contribution in [0.25, 0.3) is 11.0 Å². The first-order valence-corrected chi connectivity index (χ1v) is 8.75. The molecule has 0 aliphatic rings. The number of aromatic nitrogens is 3. The topological polar surface area (TPSA) is 59.2 Å². The Labute approximate surface area is 171 Å². The van der Waals surface area contributed by atoms with Gasteiger partial charge in [-0.25, -0.2) is 4.98 Å². The first-order chi connectivity index (χ1) is 12.3. The second-order valence-electron chi connectivity index (χ2n) is 6.00. The van der Waals surface area contributed by atoms with Gasteiger partial charge in [0, 0.05) is 45.6 Å². The fraction of sp³-hybridized carbons (Fsp3) is 0.368. The lowest BCUT2D eigenvalue weighted by molar-refractivity contribution is 0.618. The molecule has 3 rings (SSSR count). The second kappa shape index (κ2) is 10.2. The Balaban J connectivity index is 0.00000243. The van der Waals surface area contributed by atoms with Crippen LogP contribution in [0.3, 0.4) is 0 Å². The van der Waals surface area contributed by atoms with Crippen molar-refractivity contribution in [3.63, 3.8) is 0 Å². The van der Waals surface area contributed by atoms with Crippen LogP contribution >= 0.6 is 24.0 Å². The molecule has 0 radical (unpaired) electrons. The zero-order chi connectivity index (χ0) is 17.5. The maximum atomic E-state index is 4.61. The number of imidazole rings is 1. The number of hydrogen-bond donors (Lipinski definition) is 2. The Hall–Kier alpha value is -2.03. The summed E-state index contributed by atoms with van der Waals surface area (Å²) in [7, 11) is 1.80. The van der Waals surface area contributed by atoms with E-state index in [9.17, 15) is 0 Å². The van der Waals surface area contributed by atoms with Crippen LogP contribution in [-0.2, 0) is 13.1 Å². The van der Waals surface area contributed by atoms with E-state index in [-0.39, 0.29) is 24.0 Å². The molecule has 0 spiro atoms. The minimum absolute atomic E-state index is 0. The molecule has 2 N–H and O–H groups in total. The van der Waals surface area contributed by atoms with E-state index in [0.717, 1.165) is 49.9 Å². The Bertz CT molecular complexity index is 822. The molecule has 0 aliphatic heterocycles. The van der Waals surface area contributed by atoms with Gasteiger partial charge in [-0.1, -0.05) is 12.1 Å². The first kappa shape index (κ1) is 20.3. The molecule has 26 heavy (non-hydrogen) atoms. The maximum Gasteiger partial charge on any atom is 0.191 e. The summed E-state index contributed by atoms with van der Waals surface area (Å²) >= 11 is 0. The summed E-state index contributed by atoms with van der Waals surface area (Å²) in [5.74, 6) is 1.91. The summed E-state index contributed by atoms with van der Waals surface area (Å²) in [6, 6.07) is 12.4. The van der Waals surface area contributed by atoms with E-state index in [2.05, 4.69) is 67.3 Å². The minimum atomic E-state index is 0. The highest BCUT2D eigenvalue weighted by Crippen LogP contribution is 2.15. The number of aliphatic imine (C=N–C) groups is 1. The lowest BCUT2D eigenvalue weighted by atomic mass is 10.3. The summed E-state index contributed by atoms with van der Waals surface area (Å²) in [5.41, 5.74) is 2.27. The van der Waals surface area contributed by atoms with E-state index in [0.29, 0.717) is 0 Å². The normalized spacial score (nSPS) is 11.4. The van der Waals surface area contributed by atoms with Gasteiger partial charge in [0.15, 0.2) is 5.96 Å². The molecular weight excluding hydrogens is 439 g/mol. The number of halogens is 1. The molecule has 0 aliphatic carbocycles. The zero-order valence-electron chi connectivity index (χ0n) is 15.4. The number of nitrogens with one attached hydrogen (secondary N) is 2. The molecule has 0 unspecified atom stereocenters. The Morgan fingerprint density at radius 3 is 2.54 bits per heavy atom. The van der Waals surface area contributed by atoms with Crippen molar-refractivity contribution in [2.24, 2.45) is 4.99 Å². The van der Waals surface area contributed by atoms with Gasteiger partial charge < -0.3 is 19.8 Å². The first-order valence-electron chi connectivity index (χ1n) is 8.75. The molecule has 7 heteroatoms. The fourth-order valence-electron chi connectivity index (χ4n) is 2.97. The van der Waals surface area contributed by atoms with E-state index in [1.54, 1.807) is 7.05 Å². The number of para-hydroxylation sites is 2. The van der Waals surface area contributed by atoms with Crippen molar-refractivity contribution < 1.29 is 0 Å². The molecule has 140 valence electrons. The van der Waals surface area contributed by atoms with Crippen LogP contribution in [0.2, 0.25) is 0 Å². The van der Waals surface area contributed by atoms with Crippen molar-refractivity contribution >= 4 is 41.0 Å². The fourth-order valence-corrected chi connectivity index (χ4v) is 2.97. The quantitative estimate of drug-likeness (QED) is 0.244. The molecule has 0 fully saturated rings. The Morgan fingerprint density at radius 1 is 1.04 bits per heavy atom. The van der Waals surface area contributed by atoms with Gasteiger partial charge in [0.05, 0.1) is 11.0 Å². The highest BCUT2D eigenvalue weighted by Gasteiger charge is 2.06. The summed E-state index contributed by atoms with van der Waals surface area (Å²) in [4.78, 5) is 8.89. The summed E-state index contributed by atoms with van der Waals surface area (Å²) < 4.78 is 4.42. The molecule has 0 bridgehead atoms. The van der Waals surface area contributed by atoms with Crippen LogP contribution in [0.1, 0.15) is 12.2 Å². The van der Waals surface area contributed by atoms with E-state index in [4.69, 9.17) is 0 Å². The van der Waals surface area contributed by atoms with Crippen LogP contribution in [0, 0.1) is 6.92 Å². The smallest absolute Gasteiger partial charge is 0.191 e. The molecule has 0 saturated heterocycles. The zero-order valence-corrected chi connectivity index (χ0v) is 17.7. The molecule has 1 aromatic carbocycles. The summed E-state index contributed by atoms with van der Waals surface area (Å²) in [5, 5.41) is 6.72. The van der Waals surface area contributed by atoms with E-state index in [1.165, 1.54) is 5.52 Å². The van der Waals surface area contributed by atoms with Crippen LogP contribution in [0.15, 0.2) is 53.8 Å². The van der Waals surface area contributed by atoms with Crippen LogP contribution in [0.5, 0.6) is 0 Å². The lowest BCUT2D eigenvalue weighted by Crippen LogP contribution is -2.39. The largest absolute Gasteiger partial charge is 0.356 e. The molecule has 2 heterocycles. The van der Waals surface area contributed by atoms with Crippen molar-refractivity contribution in [2.45, 2.75) is 26.4 Å². The molecular formula is C19H27IN6. The third-order valence-electron chi connectivity index (χ3n) is 4.25. The Kier molecular flexibility index (Phi) is 7.96. The average Bonchev–Trinajstić information content (AvgIpc) is 3.24. The molecule has 0 saturated carbocycles. The predicted molar refractivity (Wildman–Crippen MR) is 118 cm³/mol. The van der Waals surface area contributed by atoms with Gasteiger partial charge in [-0.2, -0.15) is 0 Å². The van der Waals surface area contributed by atoms with E-state index >= 15 is 0 Å². The standard InChI is InChI=1S/C19H26N6.HI/c1-16-23-17-8-3-4-9-18(17)25(16)14-7-10-21-19(20-2)22-11-15-24-12-5-6-13-24;/h3-6,8-9,12-13H,7,10-11,14-15H2,1-2H3,(H2,20,21,22);1H. The van der Waals surface area contributed by atoms with Crippen LogP contribution in [0.4, 0.5) is 0 Å². The van der Waals surface area contributed by atoms with Gasteiger partial charge in [-0.05, 0) is 37.6 Å². The van der Waals surface area contributed by atoms with Crippen molar-refractivity contribution in [2.75, 3.05) is 20.1 Å². The van der Waals surface area contributed by atoms with Gasteiger partial charge in [0.2, 0.25) is 0 Å². The average molecular weight is 466 g/mol. The second-order valence-corrected chi connectivity index (χ2v) is 6.00. The van der Waals surface area contributed by atoms with Crippen LogP contribution in [-0.4, -0.2) is 40.2 Å². The van der Waals surface area contributed by atoms with Crippen molar-refractivity contribution in [1.29, 1.82) is 0 Å². The van der Waals surface area contributed by atoms with Gasteiger partial charge in [-0.15, -0.1) is 24.0 Å². The third-order valence-corrected chi connectivity index (χ3v) is 4.25. The van der Waals surface area contributed by atoms with Gasteiger partial charge in [-0.3, -0.25) is 4.99 Å². The number of aryl methyl sites for hydroxylation is 2. The highest BCUT2D eigenvalue weighted by atomic mass is 127. The van der Waals surface area contributed by atoms with Crippen molar-refractivity contribution in [3.05, 3.63) is 54.6 Å². The third kappa shape index (κ3) is 5.23. The lowest BCUT2D eigenvalue weighted by Gasteiger charge is -2.13. The molecule has 0 amide bonds. The predicted octanol–water partition coefficient (Wildman–Crippen LogP) is 3.02.